The molecule has 1 aliphatic rings. The van der Waals surface area contributed by atoms with Gasteiger partial charge in [0.05, 0.1) is 44.8 Å². The number of para-hydroxylation sites is 1. The van der Waals surface area contributed by atoms with Crippen molar-refractivity contribution in [1.82, 2.24) is 4.68 Å². The van der Waals surface area contributed by atoms with Gasteiger partial charge in [-0.25, -0.2) is 9.67 Å². The van der Waals surface area contributed by atoms with Crippen molar-refractivity contribution in [1.29, 1.82) is 0 Å². The number of benzene rings is 2. The molecule has 0 amide bonds. The number of aromatic nitrogens is 1. The minimum Gasteiger partial charge on any atom is -0.497 e. The second-order valence-corrected chi connectivity index (χ2v) is 7.25. The summed E-state index contributed by atoms with van der Waals surface area (Å²) < 4.78 is 13.2. The minimum absolute atomic E-state index is 0.726. The fourth-order valence-electron chi connectivity index (χ4n) is 3.18. The largest absolute Gasteiger partial charge is 0.497 e. The second-order valence-electron chi connectivity index (χ2n) is 6.41. The number of nitrogens with zero attached hydrogens (tertiary/aromatic N) is 3. The monoisotopic (exact) mass is 381 g/mol. The first-order valence-corrected chi connectivity index (χ1v) is 9.92. The Hall–Kier alpha value is -2.57. The highest BCUT2D eigenvalue weighted by atomic mass is 32.1. The zero-order valence-corrected chi connectivity index (χ0v) is 16.4. The van der Waals surface area contributed by atoms with E-state index in [1.54, 1.807) is 18.4 Å². The van der Waals surface area contributed by atoms with E-state index in [1.807, 2.05) is 24.3 Å². The molecule has 27 heavy (non-hydrogen) atoms. The van der Waals surface area contributed by atoms with Crippen molar-refractivity contribution < 1.29 is 9.47 Å². The molecule has 0 atom stereocenters. The van der Waals surface area contributed by atoms with E-state index in [9.17, 15) is 0 Å². The van der Waals surface area contributed by atoms with Crippen LogP contribution in [0.15, 0.2) is 58.9 Å². The lowest BCUT2D eigenvalue weighted by atomic mass is 10.1. The maximum atomic E-state index is 5.55. The van der Waals surface area contributed by atoms with Crippen LogP contribution in [0.25, 0.3) is 11.3 Å². The van der Waals surface area contributed by atoms with Crippen molar-refractivity contribution in [3.8, 4) is 17.0 Å². The average Bonchev–Trinajstić information content (AvgIpc) is 3.14. The van der Waals surface area contributed by atoms with Gasteiger partial charge in [0.1, 0.15) is 5.75 Å². The van der Waals surface area contributed by atoms with Crippen molar-refractivity contribution >= 4 is 17.0 Å². The second kappa shape index (κ2) is 7.98. The normalized spacial score (nSPS) is 15.2. The Morgan fingerprint density at radius 1 is 1.07 bits per heavy atom. The van der Waals surface area contributed by atoms with Gasteiger partial charge >= 0.3 is 0 Å². The van der Waals surface area contributed by atoms with Crippen LogP contribution in [-0.2, 0) is 4.74 Å². The van der Waals surface area contributed by atoms with Crippen molar-refractivity contribution in [2.24, 2.45) is 4.99 Å². The molecule has 0 aliphatic carbocycles. The first-order valence-electron chi connectivity index (χ1n) is 9.04. The van der Waals surface area contributed by atoms with E-state index < -0.39 is 0 Å². The van der Waals surface area contributed by atoms with Crippen molar-refractivity contribution in [3.05, 3.63) is 64.3 Å². The summed E-state index contributed by atoms with van der Waals surface area (Å²) in [5, 5.41) is 4.48. The molecule has 0 saturated carbocycles. The van der Waals surface area contributed by atoms with Gasteiger partial charge < -0.3 is 14.5 Å². The number of methoxy groups -OCH3 is 1. The third-order valence-electron chi connectivity index (χ3n) is 4.65. The molecule has 3 aromatic rings. The summed E-state index contributed by atoms with van der Waals surface area (Å²) in [7, 11) is 1.70. The first-order chi connectivity index (χ1) is 13.3. The molecule has 1 aliphatic heterocycles. The molecule has 0 radical (unpaired) electrons. The van der Waals surface area contributed by atoms with Crippen molar-refractivity contribution in [2.45, 2.75) is 6.92 Å². The maximum Gasteiger partial charge on any atom is 0.209 e. The zero-order valence-electron chi connectivity index (χ0n) is 15.6. The van der Waals surface area contributed by atoms with Crippen LogP contribution in [0.1, 0.15) is 5.56 Å². The molecular formula is C21H23N3O2S. The van der Waals surface area contributed by atoms with Crippen LogP contribution in [0.5, 0.6) is 5.75 Å². The highest BCUT2D eigenvalue weighted by Crippen LogP contribution is 2.25. The number of morpholine rings is 1. The minimum atomic E-state index is 0.726. The summed E-state index contributed by atoms with van der Waals surface area (Å²) >= 11 is 1.65. The van der Waals surface area contributed by atoms with Crippen LogP contribution in [0.3, 0.4) is 0 Å². The van der Waals surface area contributed by atoms with Crippen LogP contribution in [0, 0.1) is 6.92 Å². The molecule has 4 rings (SSSR count). The Morgan fingerprint density at radius 2 is 1.89 bits per heavy atom. The number of aryl methyl sites for hydroxylation is 1. The quantitative estimate of drug-likeness (QED) is 0.691. The number of ether oxygens (including phenoxy) is 2. The van der Waals surface area contributed by atoms with E-state index in [0.717, 1.165) is 53.8 Å². The van der Waals surface area contributed by atoms with Gasteiger partial charge in [-0.3, -0.25) is 0 Å². The summed E-state index contributed by atoms with van der Waals surface area (Å²) in [6, 6.07) is 16.4. The topological polar surface area (TPSA) is 39.0 Å². The van der Waals surface area contributed by atoms with E-state index in [-0.39, 0.29) is 0 Å². The SMILES string of the molecule is COc1cccc(-c2csc(=Nc3ccccc3C)n2N2CCOCC2)c1. The Kier molecular flexibility index (Phi) is 5.27. The van der Waals surface area contributed by atoms with Gasteiger partial charge in [0, 0.05) is 10.9 Å². The number of hydrogen-bond acceptors (Lipinski definition) is 5. The molecule has 2 aromatic carbocycles. The van der Waals surface area contributed by atoms with E-state index in [4.69, 9.17) is 14.5 Å². The molecule has 5 nitrogen and oxygen atoms in total. The predicted molar refractivity (Wildman–Crippen MR) is 109 cm³/mol. The summed E-state index contributed by atoms with van der Waals surface area (Å²) in [5.41, 5.74) is 4.40. The zero-order chi connectivity index (χ0) is 18.6. The maximum absolute atomic E-state index is 5.55. The molecule has 1 saturated heterocycles. The molecule has 1 fully saturated rings. The summed E-state index contributed by atoms with van der Waals surface area (Å²) in [6.07, 6.45) is 0. The van der Waals surface area contributed by atoms with Gasteiger partial charge in [-0.1, -0.05) is 30.3 Å². The molecule has 1 aromatic heterocycles. The highest BCUT2D eigenvalue weighted by molar-refractivity contribution is 7.07. The van der Waals surface area contributed by atoms with Gasteiger partial charge in [0.15, 0.2) is 0 Å². The van der Waals surface area contributed by atoms with Gasteiger partial charge in [0.2, 0.25) is 4.80 Å². The lowest BCUT2D eigenvalue weighted by molar-refractivity contribution is 0.111. The van der Waals surface area contributed by atoms with Crippen LogP contribution >= 0.6 is 11.3 Å². The smallest absolute Gasteiger partial charge is 0.209 e. The molecule has 140 valence electrons. The Balaban J connectivity index is 1.87. The number of thiazole rings is 1. The molecule has 0 bridgehead atoms. The first kappa shape index (κ1) is 17.8. The van der Waals surface area contributed by atoms with Crippen molar-refractivity contribution in [2.75, 3.05) is 38.4 Å². The Labute approximate surface area is 163 Å². The molecule has 2 heterocycles. The van der Waals surface area contributed by atoms with E-state index in [2.05, 4.69) is 46.3 Å². The van der Waals surface area contributed by atoms with Crippen LogP contribution in [-0.4, -0.2) is 38.1 Å². The number of rotatable bonds is 4. The molecule has 0 N–H and O–H groups in total. The summed E-state index contributed by atoms with van der Waals surface area (Å²) in [6.45, 7) is 5.23. The molecule has 6 heteroatoms. The fraction of sp³-hybridized carbons (Fsp3) is 0.286. The lowest BCUT2D eigenvalue weighted by Crippen LogP contribution is -2.48. The highest BCUT2D eigenvalue weighted by Gasteiger charge is 2.18. The van der Waals surface area contributed by atoms with Crippen molar-refractivity contribution in [3.63, 3.8) is 0 Å². The van der Waals surface area contributed by atoms with Gasteiger partial charge in [-0.2, -0.15) is 0 Å². The van der Waals surface area contributed by atoms with Gasteiger partial charge in [-0.15, -0.1) is 11.3 Å². The van der Waals surface area contributed by atoms with Crippen LogP contribution < -0.4 is 14.5 Å². The standard InChI is InChI=1S/C21H23N3O2S/c1-16-6-3-4-9-19(16)22-21-24(23-10-12-26-13-11-23)20(15-27-21)17-7-5-8-18(14-17)25-2/h3-9,14-15H,10-13H2,1-2H3. The van der Waals surface area contributed by atoms with Crippen LogP contribution in [0.2, 0.25) is 0 Å². The average molecular weight is 382 g/mol. The van der Waals surface area contributed by atoms with Crippen LogP contribution in [0.4, 0.5) is 5.69 Å². The summed E-state index contributed by atoms with van der Waals surface area (Å²) in [5.74, 6) is 0.852. The third-order valence-corrected chi connectivity index (χ3v) is 5.47. The Bertz CT molecular complexity index is 987. The summed E-state index contributed by atoms with van der Waals surface area (Å²) in [4.78, 5) is 5.93. The third kappa shape index (κ3) is 3.77. The fourth-order valence-corrected chi connectivity index (χ4v) is 4.09. The predicted octanol–water partition coefficient (Wildman–Crippen LogP) is 3.73. The van der Waals surface area contributed by atoms with E-state index >= 15 is 0 Å². The Morgan fingerprint density at radius 3 is 2.67 bits per heavy atom. The number of hydrogen-bond donors (Lipinski definition) is 0. The van der Waals surface area contributed by atoms with E-state index in [0.29, 0.717) is 0 Å². The van der Waals surface area contributed by atoms with Gasteiger partial charge in [-0.05, 0) is 30.7 Å². The van der Waals surface area contributed by atoms with E-state index in [1.165, 1.54) is 5.56 Å². The van der Waals surface area contributed by atoms with Gasteiger partial charge in [0.25, 0.3) is 0 Å². The molecule has 0 spiro atoms. The molecular weight excluding hydrogens is 358 g/mol. The lowest BCUT2D eigenvalue weighted by Gasteiger charge is -2.31. The molecule has 0 unspecified atom stereocenters.